The second-order valence-corrected chi connectivity index (χ2v) is 7.12. The van der Waals surface area contributed by atoms with E-state index in [9.17, 15) is 4.79 Å². The maximum absolute atomic E-state index is 12.8. The lowest BCUT2D eigenvalue weighted by molar-refractivity contribution is 0.0996. The smallest absolute Gasteiger partial charge is 0.279 e. The van der Waals surface area contributed by atoms with E-state index in [1.807, 2.05) is 22.8 Å². The number of rotatable bonds is 5. The fourth-order valence-corrected chi connectivity index (χ4v) is 4.14. The number of carbonyl (C=O) groups excluding carboxylic acids is 1. The minimum absolute atomic E-state index is 0.339. The second-order valence-electron chi connectivity index (χ2n) is 6.11. The molecule has 8 heteroatoms. The molecule has 4 rings (SSSR count). The third-order valence-electron chi connectivity index (χ3n) is 4.39. The number of amides is 1. The molecule has 1 aliphatic heterocycles. The number of benzene rings is 2. The predicted octanol–water partition coefficient (Wildman–Crippen LogP) is 2.87. The average Bonchev–Trinajstić information content (AvgIpc) is 3.08. The fourth-order valence-electron chi connectivity index (χ4n) is 3.07. The first-order valence-corrected chi connectivity index (χ1v) is 9.67. The first kappa shape index (κ1) is 18.5. The van der Waals surface area contributed by atoms with Crippen molar-refractivity contribution in [1.82, 2.24) is 4.57 Å². The van der Waals surface area contributed by atoms with Crippen molar-refractivity contribution in [3.63, 3.8) is 0 Å². The van der Waals surface area contributed by atoms with E-state index in [1.165, 1.54) is 11.3 Å². The van der Waals surface area contributed by atoms with Gasteiger partial charge in [-0.15, -0.1) is 0 Å². The van der Waals surface area contributed by atoms with Gasteiger partial charge in [-0.1, -0.05) is 17.4 Å². The van der Waals surface area contributed by atoms with Gasteiger partial charge in [0.25, 0.3) is 5.91 Å². The minimum atomic E-state index is -0.339. The van der Waals surface area contributed by atoms with Crippen LogP contribution in [-0.4, -0.2) is 44.5 Å². The number of fused-ring (bicyclic) bond motifs is 2. The molecule has 0 radical (unpaired) electrons. The van der Waals surface area contributed by atoms with Crippen molar-refractivity contribution in [3.05, 3.63) is 46.8 Å². The maximum Gasteiger partial charge on any atom is 0.279 e. The quantitative estimate of drug-likeness (QED) is 0.659. The van der Waals surface area contributed by atoms with E-state index < -0.39 is 0 Å². The Morgan fingerprint density at radius 3 is 2.79 bits per heavy atom. The Balaban J connectivity index is 1.79. The minimum Gasteiger partial charge on any atom is -0.495 e. The normalized spacial score (nSPS) is 13.7. The maximum atomic E-state index is 12.8. The third-order valence-corrected chi connectivity index (χ3v) is 5.43. The molecular weight excluding hydrogens is 380 g/mol. The summed E-state index contributed by atoms with van der Waals surface area (Å²) in [4.78, 5) is 17.8. The van der Waals surface area contributed by atoms with Crippen LogP contribution >= 0.6 is 11.3 Å². The summed E-state index contributed by atoms with van der Waals surface area (Å²) >= 11 is 1.44. The molecule has 0 unspecified atom stereocenters. The number of ether oxygens (including phenoxy) is 4. The van der Waals surface area contributed by atoms with E-state index in [0.29, 0.717) is 48.2 Å². The van der Waals surface area contributed by atoms with Crippen molar-refractivity contribution < 1.29 is 23.7 Å². The molecule has 0 spiro atoms. The molecule has 7 nitrogen and oxygen atoms in total. The van der Waals surface area contributed by atoms with Crippen LogP contribution in [0.15, 0.2) is 41.4 Å². The van der Waals surface area contributed by atoms with Crippen molar-refractivity contribution in [2.45, 2.75) is 6.54 Å². The van der Waals surface area contributed by atoms with Gasteiger partial charge in [0.05, 0.1) is 18.4 Å². The Kier molecular flexibility index (Phi) is 5.31. The Morgan fingerprint density at radius 2 is 2.00 bits per heavy atom. The van der Waals surface area contributed by atoms with E-state index >= 15 is 0 Å². The number of methoxy groups -OCH3 is 2. The van der Waals surface area contributed by atoms with Crippen LogP contribution in [0.5, 0.6) is 17.2 Å². The van der Waals surface area contributed by atoms with E-state index in [2.05, 4.69) is 4.99 Å². The molecule has 28 heavy (non-hydrogen) atoms. The van der Waals surface area contributed by atoms with Gasteiger partial charge in [0.2, 0.25) is 0 Å². The SMILES string of the molecule is COCCn1c(=NC(=O)c2ccc3c(c2)OCCO3)sc2cccc(OC)c21. The van der Waals surface area contributed by atoms with Gasteiger partial charge in [0.15, 0.2) is 16.3 Å². The summed E-state index contributed by atoms with van der Waals surface area (Å²) in [5.41, 5.74) is 1.35. The average molecular weight is 400 g/mol. The second kappa shape index (κ2) is 8.04. The Labute approximate surface area is 165 Å². The van der Waals surface area contributed by atoms with Gasteiger partial charge in [-0.3, -0.25) is 4.79 Å². The molecule has 0 saturated heterocycles. The molecule has 2 heterocycles. The van der Waals surface area contributed by atoms with Crippen LogP contribution in [-0.2, 0) is 11.3 Å². The molecule has 0 aliphatic carbocycles. The summed E-state index contributed by atoms with van der Waals surface area (Å²) < 4.78 is 24.8. The summed E-state index contributed by atoms with van der Waals surface area (Å²) in [5, 5.41) is 0. The lowest BCUT2D eigenvalue weighted by Gasteiger charge is -2.18. The van der Waals surface area contributed by atoms with Crippen LogP contribution in [0.3, 0.4) is 0 Å². The summed E-state index contributed by atoms with van der Waals surface area (Å²) in [6.07, 6.45) is 0. The summed E-state index contributed by atoms with van der Waals surface area (Å²) in [6, 6.07) is 10.9. The van der Waals surface area contributed by atoms with E-state index in [1.54, 1.807) is 32.4 Å². The molecule has 0 bridgehead atoms. The topological polar surface area (TPSA) is 71.3 Å². The molecule has 1 aromatic heterocycles. The standard InChI is InChI=1S/C20H20N2O5S/c1-24-9-8-22-18-15(25-2)4-3-5-17(18)28-20(22)21-19(23)13-6-7-14-16(12-13)27-11-10-26-14/h3-7,12H,8-11H2,1-2H3. The fraction of sp³-hybridized carbons (Fsp3) is 0.300. The van der Waals surface area contributed by atoms with E-state index in [-0.39, 0.29) is 5.91 Å². The molecule has 0 atom stereocenters. The van der Waals surface area contributed by atoms with E-state index in [4.69, 9.17) is 18.9 Å². The zero-order valence-corrected chi connectivity index (χ0v) is 16.5. The highest BCUT2D eigenvalue weighted by Gasteiger charge is 2.16. The highest BCUT2D eigenvalue weighted by molar-refractivity contribution is 7.16. The molecule has 0 saturated carbocycles. The Bertz CT molecular complexity index is 1090. The molecule has 1 amide bonds. The van der Waals surface area contributed by atoms with Crippen molar-refractivity contribution >= 4 is 27.5 Å². The van der Waals surface area contributed by atoms with Gasteiger partial charge in [0, 0.05) is 19.2 Å². The largest absolute Gasteiger partial charge is 0.495 e. The van der Waals surface area contributed by atoms with Gasteiger partial charge in [-0.25, -0.2) is 0 Å². The number of hydrogen-bond acceptors (Lipinski definition) is 6. The number of nitrogens with zero attached hydrogens (tertiary/aromatic N) is 2. The van der Waals surface area contributed by atoms with Crippen LogP contribution in [0.1, 0.15) is 10.4 Å². The molecule has 0 fully saturated rings. The van der Waals surface area contributed by atoms with Gasteiger partial charge < -0.3 is 23.5 Å². The highest BCUT2D eigenvalue weighted by Crippen LogP contribution is 2.31. The van der Waals surface area contributed by atoms with Crippen LogP contribution in [0.25, 0.3) is 10.2 Å². The lowest BCUT2D eigenvalue weighted by atomic mass is 10.2. The van der Waals surface area contributed by atoms with Crippen molar-refractivity contribution in [1.29, 1.82) is 0 Å². The van der Waals surface area contributed by atoms with Gasteiger partial charge in [-0.2, -0.15) is 4.99 Å². The molecular formula is C20H20N2O5S. The zero-order valence-electron chi connectivity index (χ0n) is 15.6. The lowest BCUT2D eigenvalue weighted by Crippen LogP contribution is -2.20. The van der Waals surface area contributed by atoms with Crippen LogP contribution in [0, 0.1) is 0 Å². The zero-order chi connectivity index (χ0) is 19.5. The van der Waals surface area contributed by atoms with Crippen molar-refractivity contribution in [2.75, 3.05) is 34.0 Å². The summed E-state index contributed by atoms with van der Waals surface area (Å²) in [7, 11) is 3.27. The number of thiazole rings is 1. The van der Waals surface area contributed by atoms with Gasteiger partial charge >= 0.3 is 0 Å². The first-order valence-electron chi connectivity index (χ1n) is 8.85. The molecule has 2 aromatic carbocycles. The summed E-state index contributed by atoms with van der Waals surface area (Å²) in [5.74, 6) is 1.61. The Hall–Kier alpha value is -2.84. The number of para-hydroxylation sites is 1. The molecule has 3 aromatic rings. The van der Waals surface area contributed by atoms with Crippen LogP contribution < -0.4 is 19.0 Å². The van der Waals surface area contributed by atoms with Crippen molar-refractivity contribution in [2.24, 2.45) is 4.99 Å². The monoisotopic (exact) mass is 400 g/mol. The van der Waals surface area contributed by atoms with E-state index in [0.717, 1.165) is 16.0 Å². The molecule has 1 aliphatic rings. The van der Waals surface area contributed by atoms with Gasteiger partial charge in [-0.05, 0) is 30.3 Å². The number of aromatic nitrogens is 1. The molecule has 146 valence electrons. The third kappa shape index (κ3) is 3.48. The number of hydrogen-bond donors (Lipinski definition) is 0. The highest BCUT2D eigenvalue weighted by atomic mass is 32.1. The van der Waals surface area contributed by atoms with Crippen LogP contribution in [0.4, 0.5) is 0 Å². The Morgan fingerprint density at radius 1 is 1.18 bits per heavy atom. The molecule has 0 N–H and O–H groups in total. The number of carbonyl (C=O) groups is 1. The van der Waals surface area contributed by atoms with Crippen LogP contribution in [0.2, 0.25) is 0 Å². The summed E-state index contributed by atoms with van der Waals surface area (Å²) in [6.45, 7) is 2.03. The van der Waals surface area contributed by atoms with Gasteiger partial charge in [0.1, 0.15) is 24.5 Å². The van der Waals surface area contributed by atoms with Crippen molar-refractivity contribution in [3.8, 4) is 17.2 Å². The first-order chi connectivity index (χ1) is 13.7. The predicted molar refractivity (Wildman–Crippen MR) is 106 cm³/mol.